The van der Waals surface area contributed by atoms with Crippen LogP contribution in [0.3, 0.4) is 0 Å². The summed E-state index contributed by atoms with van der Waals surface area (Å²) in [5.41, 5.74) is 2.17. The predicted molar refractivity (Wildman–Crippen MR) is 134 cm³/mol. The third-order valence-electron chi connectivity index (χ3n) is 5.82. The first kappa shape index (κ1) is 25.3. The van der Waals surface area contributed by atoms with Crippen LogP contribution in [0.25, 0.3) is 10.9 Å². The standard InChI is InChI=1S/C25H30N6O5/c1-34-20-13-18-17(12-19(20)30-23(32)5-3-4-6-24(33)35-2)25(29-15-28-18)31-22-11-16(7-8-27-22)21-14-26-9-10-36-21/h7-8,11-13,15,21,26H,3-6,9-10,14H2,1-2H3,(H,30,32)(H,27,28,29,31). The summed E-state index contributed by atoms with van der Waals surface area (Å²) in [5.74, 6) is 1.18. The van der Waals surface area contributed by atoms with E-state index in [1.807, 2.05) is 12.1 Å². The minimum Gasteiger partial charge on any atom is -0.494 e. The number of anilines is 3. The van der Waals surface area contributed by atoms with Crippen LogP contribution in [0.5, 0.6) is 5.75 Å². The zero-order valence-corrected chi connectivity index (χ0v) is 20.4. The Morgan fingerprint density at radius 3 is 2.78 bits per heavy atom. The van der Waals surface area contributed by atoms with E-state index in [-0.39, 0.29) is 30.8 Å². The number of nitrogens with one attached hydrogen (secondary N) is 3. The lowest BCUT2D eigenvalue weighted by Gasteiger charge is -2.24. The van der Waals surface area contributed by atoms with Gasteiger partial charge >= 0.3 is 5.97 Å². The Bertz CT molecular complexity index is 1210. The number of carbonyl (C=O) groups excluding carboxylic acids is 2. The number of benzene rings is 1. The van der Waals surface area contributed by atoms with Crippen molar-refractivity contribution < 1.29 is 23.8 Å². The lowest BCUT2D eigenvalue weighted by molar-refractivity contribution is -0.140. The van der Waals surface area contributed by atoms with Gasteiger partial charge in [0.15, 0.2) is 0 Å². The van der Waals surface area contributed by atoms with Crippen LogP contribution in [-0.4, -0.2) is 60.7 Å². The molecule has 0 radical (unpaired) electrons. The van der Waals surface area contributed by atoms with Gasteiger partial charge in [-0.2, -0.15) is 0 Å². The molecule has 1 aromatic carbocycles. The third kappa shape index (κ3) is 6.43. The largest absolute Gasteiger partial charge is 0.494 e. The molecule has 1 amide bonds. The van der Waals surface area contributed by atoms with Gasteiger partial charge < -0.3 is 30.2 Å². The number of esters is 1. The zero-order chi connectivity index (χ0) is 25.3. The van der Waals surface area contributed by atoms with Crippen molar-refractivity contribution >= 4 is 40.1 Å². The number of nitrogens with zero attached hydrogens (tertiary/aromatic N) is 3. The molecule has 1 unspecified atom stereocenters. The summed E-state index contributed by atoms with van der Waals surface area (Å²) in [7, 11) is 2.88. The molecule has 11 heteroatoms. The summed E-state index contributed by atoms with van der Waals surface area (Å²) >= 11 is 0. The SMILES string of the molecule is COC(=O)CCCCC(=O)Nc1cc2c(Nc3cc(C4CNCCO4)ccn3)ncnc2cc1OC. The summed E-state index contributed by atoms with van der Waals surface area (Å²) in [6, 6.07) is 7.40. The summed E-state index contributed by atoms with van der Waals surface area (Å²) in [5, 5.41) is 10.2. The molecule has 0 bridgehead atoms. The maximum absolute atomic E-state index is 12.5. The smallest absolute Gasteiger partial charge is 0.305 e. The molecule has 190 valence electrons. The van der Waals surface area contributed by atoms with Crippen molar-refractivity contribution in [1.29, 1.82) is 0 Å². The van der Waals surface area contributed by atoms with Crippen LogP contribution in [0.15, 0.2) is 36.8 Å². The minimum absolute atomic E-state index is 0.0388. The summed E-state index contributed by atoms with van der Waals surface area (Å²) in [4.78, 5) is 37.0. The van der Waals surface area contributed by atoms with E-state index in [9.17, 15) is 9.59 Å². The second-order valence-electron chi connectivity index (χ2n) is 8.29. The van der Waals surface area contributed by atoms with Crippen LogP contribution in [0.4, 0.5) is 17.3 Å². The highest BCUT2D eigenvalue weighted by Crippen LogP contribution is 2.33. The monoisotopic (exact) mass is 494 g/mol. The Morgan fingerprint density at radius 2 is 2.00 bits per heavy atom. The number of pyridine rings is 1. The molecule has 1 fully saturated rings. The normalized spacial score (nSPS) is 15.3. The fourth-order valence-electron chi connectivity index (χ4n) is 3.94. The molecule has 3 heterocycles. The molecule has 0 spiro atoms. The number of fused-ring (bicyclic) bond motifs is 1. The van der Waals surface area contributed by atoms with Gasteiger partial charge in [0.25, 0.3) is 0 Å². The van der Waals surface area contributed by atoms with Gasteiger partial charge in [0.1, 0.15) is 23.7 Å². The van der Waals surface area contributed by atoms with E-state index in [1.54, 1.807) is 18.3 Å². The van der Waals surface area contributed by atoms with Crippen molar-refractivity contribution in [2.24, 2.45) is 0 Å². The zero-order valence-electron chi connectivity index (χ0n) is 20.4. The molecule has 11 nitrogen and oxygen atoms in total. The number of rotatable bonds is 10. The van der Waals surface area contributed by atoms with Gasteiger partial charge in [-0.25, -0.2) is 15.0 Å². The van der Waals surface area contributed by atoms with Crippen molar-refractivity contribution in [3.63, 3.8) is 0 Å². The highest BCUT2D eigenvalue weighted by molar-refractivity contribution is 5.99. The Morgan fingerprint density at radius 1 is 1.14 bits per heavy atom. The molecule has 1 atom stereocenters. The van der Waals surface area contributed by atoms with Gasteiger partial charge in [-0.15, -0.1) is 0 Å². The van der Waals surface area contributed by atoms with Crippen LogP contribution >= 0.6 is 0 Å². The maximum Gasteiger partial charge on any atom is 0.305 e. The quantitative estimate of drug-likeness (QED) is 0.285. The number of carbonyl (C=O) groups is 2. The van der Waals surface area contributed by atoms with Gasteiger partial charge in [-0.1, -0.05) is 0 Å². The number of methoxy groups -OCH3 is 2. The molecular weight excluding hydrogens is 464 g/mol. The molecule has 36 heavy (non-hydrogen) atoms. The fourth-order valence-corrected chi connectivity index (χ4v) is 3.94. The summed E-state index contributed by atoms with van der Waals surface area (Å²) in [6.07, 6.45) is 4.84. The van der Waals surface area contributed by atoms with E-state index in [2.05, 4.69) is 35.6 Å². The van der Waals surface area contributed by atoms with E-state index in [0.717, 1.165) is 18.7 Å². The molecule has 1 aliphatic heterocycles. The first-order valence-corrected chi connectivity index (χ1v) is 11.8. The Labute approximate surface area is 209 Å². The molecule has 1 saturated heterocycles. The molecule has 1 aliphatic rings. The molecule has 2 aromatic heterocycles. The number of morpholine rings is 1. The first-order chi connectivity index (χ1) is 17.6. The van der Waals surface area contributed by atoms with Crippen LogP contribution in [0.1, 0.15) is 37.4 Å². The maximum atomic E-state index is 12.5. The molecule has 4 rings (SSSR count). The number of amides is 1. The topological polar surface area (TPSA) is 137 Å². The predicted octanol–water partition coefficient (Wildman–Crippen LogP) is 3.11. The van der Waals surface area contributed by atoms with Crippen molar-refractivity contribution in [2.75, 3.05) is 44.5 Å². The molecule has 3 aromatic rings. The van der Waals surface area contributed by atoms with Crippen LogP contribution in [0.2, 0.25) is 0 Å². The van der Waals surface area contributed by atoms with Crippen molar-refractivity contribution in [1.82, 2.24) is 20.3 Å². The fraction of sp³-hybridized carbons (Fsp3) is 0.400. The van der Waals surface area contributed by atoms with Crippen LogP contribution in [0, 0.1) is 0 Å². The molecule has 0 saturated carbocycles. The number of hydrogen-bond acceptors (Lipinski definition) is 10. The lowest BCUT2D eigenvalue weighted by atomic mass is 10.1. The van der Waals surface area contributed by atoms with Gasteiger partial charge in [0.2, 0.25) is 5.91 Å². The lowest BCUT2D eigenvalue weighted by Crippen LogP contribution is -2.33. The second kappa shape index (κ2) is 12.2. The van der Waals surface area contributed by atoms with Gasteiger partial charge in [0.05, 0.1) is 38.1 Å². The Kier molecular flexibility index (Phi) is 8.58. The van der Waals surface area contributed by atoms with Crippen LogP contribution < -0.4 is 20.7 Å². The molecular formula is C25H30N6O5. The average Bonchev–Trinajstić information content (AvgIpc) is 2.91. The second-order valence-corrected chi connectivity index (χ2v) is 8.29. The molecule has 0 aliphatic carbocycles. The highest BCUT2D eigenvalue weighted by Gasteiger charge is 2.17. The van der Waals surface area contributed by atoms with Crippen molar-refractivity contribution in [3.05, 3.63) is 42.4 Å². The highest BCUT2D eigenvalue weighted by atomic mass is 16.5. The van der Waals surface area contributed by atoms with Crippen molar-refractivity contribution in [3.8, 4) is 5.75 Å². The van der Waals surface area contributed by atoms with E-state index in [1.165, 1.54) is 20.5 Å². The van der Waals surface area contributed by atoms with Gasteiger partial charge in [-0.3, -0.25) is 9.59 Å². The van der Waals surface area contributed by atoms with E-state index < -0.39 is 0 Å². The summed E-state index contributed by atoms with van der Waals surface area (Å²) < 4.78 is 16.0. The first-order valence-electron chi connectivity index (χ1n) is 11.8. The molecule has 3 N–H and O–H groups in total. The number of unbranched alkanes of at least 4 members (excludes halogenated alkanes) is 1. The van der Waals surface area contributed by atoms with E-state index in [4.69, 9.17) is 9.47 Å². The van der Waals surface area contributed by atoms with Gasteiger partial charge in [-0.05, 0) is 36.6 Å². The van der Waals surface area contributed by atoms with E-state index in [0.29, 0.717) is 53.4 Å². The van der Waals surface area contributed by atoms with E-state index >= 15 is 0 Å². The Hall–Kier alpha value is -3.83. The number of ether oxygens (including phenoxy) is 3. The number of hydrogen-bond donors (Lipinski definition) is 3. The van der Waals surface area contributed by atoms with Crippen LogP contribution in [-0.2, 0) is 19.1 Å². The average molecular weight is 495 g/mol. The minimum atomic E-state index is -0.283. The Balaban J connectivity index is 1.51. The van der Waals surface area contributed by atoms with Crippen molar-refractivity contribution in [2.45, 2.75) is 31.8 Å². The number of aromatic nitrogens is 3. The third-order valence-corrected chi connectivity index (χ3v) is 5.82. The van der Waals surface area contributed by atoms with Gasteiger partial charge in [0, 0.05) is 43.6 Å². The summed E-state index contributed by atoms with van der Waals surface area (Å²) in [6.45, 7) is 2.24.